The van der Waals surface area contributed by atoms with Crippen molar-refractivity contribution in [2.45, 2.75) is 26.5 Å². The molecule has 8 heteroatoms. The molecule has 1 aromatic heterocycles. The van der Waals surface area contributed by atoms with Crippen LogP contribution in [0.25, 0.3) is 16.8 Å². The third kappa shape index (κ3) is 5.56. The fourth-order valence-electron chi connectivity index (χ4n) is 5.51. The SMILES string of the molecule is CCOC(=O)C1=C(C)N=c2sc(=Cc3ccccc3OCc3cccc4ccccc34)c(=O)n2C1c1ccc(N(C)C)cc1. The molecule has 0 spiro atoms. The number of ether oxygens (including phenoxy) is 2. The van der Waals surface area contributed by atoms with Crippen LogP contribution in [0.15, 0.2) is 112 Å². The monoisotopic (exact) mass is 603 g/mol. The van der Waals surface area contributed by atoms with Gasteiger partial charge in [-0.1, -0.05) is 84.1 Å². The van der Waals surface area contributed by atoms with Crippen molar-refractivity contribution in [3.8, 4) is 5.75 Å². The second-order valence-electron chi connectivity index (χ2n) is 10.8. The van der Waals surface area contributed by atoms with Crippen molar-refractivity contribution < 1.29 is 14.3 Å². The Bertz CT molecular complexity index is 2070. The van der Waals surface area contributed by atoms with Gasteiger partial charge in [-0.25, -0.2) is 9.79 Å². The van der Waals surface area contributed by atoms with Crippen molar-refractivity contribution in [2.24, 2.45) is 4.99 Å². The molecule has 0 saturated carbocycles. The second-order valence-corrected chi connectivity index (χ2v) is 11.8. The molecule has 0 saturated heterocycles. The zero-order valence-corrected chi connectivity index (χ0v) is 25.9. The number of aromatic nitrogens is 1. The van der Waals surface area contributed by atoms with Gasteiger partial charge in [0, 0.05) is 25.3 Å². The highest BCUT2D eigenvalue weighted by atomic mass is 32.1. The third-order valence-electron chi connectivity index (χ3n) is 7.71. The first-order chi connectivity index (χ1) is 21.4. The number of para-hydroxylation sites is 1. The van der Waals surface area contributed by atoms with Crippen molar-refractivity contribution in [1.29, 1.82) is 0 Å². The second kappa shape index (κ2) is 12.3. The van der Waals surface area contributed by atoms with Crippen LogP contribution in [-0.4, -0.2) is 31.2 Å². The lowest BCUT2D eigenvalue weighted by molar-refractivity contribution is -0.139. The molecule has 1 aliphatic rings. The van der Waals surface area contributed by atoms with Crippen LogP contribution in [0.1, 0.15) is 36.6 Å². The minimum absolute atomic E-state index is 0.224. The fourth-order valence-corrected chi connectivity index (χ4v) is 6.55. The Hall–Kier alpha value is -4.95. The lowest BCUT2D eigenvalue weighted by Gasteiger charge is -2.25. The molecule has 7 nitrogen and oxygen atoms in total. The highest BCUT2D eigenvalue weighted by Gasteiger charge is 2.33. The predicted octanol–water partition coefficient (Wildman–Crippen LogP) is 5.60. The molecule has 1 unspecified atom stereocenters. The molecule has 5 aromatic rings. The minimum Gasteiger partial charge on any atom is -0.488 e. The Balaban J connectivity index is 1.42. The van der Waals surface area contributed by atoms with E-state index in [9.17, 15) is 9.59 Å². The van der Waals surface area contributed by atoms with Gasteiger partial charge >= 0.3 is 5.97 Å². The maximum atomic E-state index is 14.1. The number of hydrogen-bond acceptors (Lipinski definition) is 7. The number of rotatable bonds is 8. The van der Waals surface area contributed by atoms with Gasteiger partial charge < -0.3 is 14.4 Å². The number of hydrogen-bond donors (Lipinski definition) is 0. The topological polar surface area (TPSA) is 73.1 Å². The minimum atomic E-state index is -0.665. The van der Waals surface area contributed by atoms with Crippen LogP contribution in [0.5, 0.6) is 5.75 Å². The summed E-state index contributed by atoms with van der Waals surface area (Å²) in [6.45, 7) is 4.17. The maximum absolute atomic E-state index is 14.1. The number of carbonyl (C=O) groups excluding carboxylic acids is 1. The summed E-state index contributed by atoms with van der Waals surface area (Å²) in [4.78, 5) is 34.6. The van der Waals surface area contributed by atoms with Crippen LogP contribution in [-0.2, 0) is 16.1 Å². The number of allylic oxidation sites excluding steroid dienone is 1. The molecule has 4 aromatic carbocycles. The fraction of sp³-hybridized carbons (Fsp3) is 0.194. The van der Waals surface area contributed by atoms with Gasteiger partial charge in [0.05, 0.1) is 28.5 Å². The van der Waals surface area contributed by atoms with Gasteiger partial charge in [-0.3, -0.25) is 9.36 Å². The lowest BCUT2D eigenvalue weighted by Crippen LogP contribution is -2.40. The summed E-state index contributed by atoms with van der Waals surface area (Å²) in [5, 5.41) is 2.30. The van der Waals surface area contributed by atoms with E-state index in [2.05, 4.69) is 24.3 Å². The molecule has 0 radical (unpaired) electrons. The summed E-state index contributed by atoms with van der Waals surface area (Å²) in [6, 6.07) is 29.3. The van der Waals surface area contributed by atoms with Crippen LogP contribution in [0, 0.1) is 0 Å². The normalized spacial score (nSPS) is 14.7. The molecular formula is C36H33N3O4S. The van der Waals surface area contributed by atoms with Crippen molar-refractivity contribution in [3.63, 3.8) is 0 Å². The molecule has 222 valence electrons. The molecule has 0 aliphatic carbocycles. The average Bonchev–Trinajstić information content (AvgIpc) is 3.33. The molecule has 0 N–H and O–H groups in total. The van der Waals surface area contributed by atoms with Gasteiger partial charge in [0.2, 0.25) is 0 Å². The van der Waals surface area contributed by atoms with Crippen molar-refractivity contribution in [3.05, 3.63) is 139 Å². The Morgan fingerprint density at radius 2 is 1.70 bits per heavy atom. The quantitative estimate of drug-likeness (QED) is 0.216. The van der Waals surface area contributed by atoms with Gasteiger partial charge in [-0.05, 0) is 60.0 Å². The first kappa shape index (κ1) is 29.1. The van der Waals surface area contributed by atoms with Crippen LogP contribution in [0.3, 0.4) is 0 Å². The van der Waals surface area contributed by atoms with E-state index >= 15 is 0 Å². The van der Waals surface area contributed by atoms with E-state index in [0.29, 0.717) is 33.0 Å². The molecule has 1 atom stereocenters. The van der Waals surface area contributed by atoms with Gasteiger partial charge in [-0.15, -0.1) is 0 Å². The first-order valence-electron chi connectivity index (χ1n) is 14.5. The van der Waals surface area contributed by atoms with Crippen LogP contribution < -0.4 is 24.5 Å². The molecule has 0 bridgehead atoms. The average molecular weight is 604 g/mol. The zero-order valence-electron chi connectivity index (χ0n) is 25.1. The molecule has 1 aliphatic heterocycles. The number of benzene rings is 4. The Morgan fingerprint density at radius 3 is 2.48 bits per heavy atom. The molecule has 0 amide bonds. The largest absolute Gasteiger partial charge is 0.488 e. The Kier molecular flexibility index (Phi) is 8.17. The predicted molar refractivity (Wildman–Crippen MR) is 176 cm³/mol. The van der Waals surface area contributed by atoms with E-state index in [0.717, 1.165) is 33.2 Å². The lowest BCUT2D eigenvalue weighted by atomic mass is 9.95. The van der Waals surface area contributed by atoms with E-state index < -0.39 is 12.0 Å². The number of anilines is 1. The summed E-state index contributed by atoms with van der Waals surface area (Å²) >= 11 is 1.30. The number of esters is 1. The highest BCUT2D eigenvalue weighted by molar-refractivity contribution is 7.07. The van der Waals surface area contributed by atoms with Crippen LogP contribution in [0.4, 0.5) is 5.69 Å². The van der Waals surface area contributed by atoms with Crippen LogP contribution in [0.2, 0.25) is 0 Å². The zero-order chi connectivity index (χ0) is 30.8. The standard InChI is InChI=1S/C36H33N3O4S/c1-5-42-35(41)32-23(2)37-36-39(33(32)25-17-19-28(20-18-25)38(3)4)34(40)31(44-36)21-26-12-7-9-16-30(26)43-22-27-14-10-13-24-11-6-8-15-29(24)27/h6-21,33H,5,22H2,1-4H3. The molecule has 0 fully saturated rings. The van der Waals surface area contributed by atoms with Gasteiger partial charge in [-0.2, -0.15) is 0 Å². The van der Waals surface area contributed by atoms with Crippen molar-refractivity contribution in [2.75, 3.05) is 25.6 Å². The highest BCUT2D eigenvalue weighted by Crippen LogP contribution is 2.32. The van der Waals surface area contributed by atoms with Gasteiger partial charge in [0.15, 0.2) is 4.80 Å². The van der Waals surface area contributed by atoms with Crippen molar-refractivity contribution >= 4 is 39.8 Å². The third-order valence-corrected chi connectivity index (χ3v) is 8.69. The van der Waals surface area contributed by atoms with Gasteiger partial charge in [0.25, 0.3) is 5.56 Å². The smallest absolute Gasteiger partial charge is 0.338 e. The summed E-state index contributed by atoms with van der Waals surface area (Å²) in [6.07, 6.45) is 1.85. The molecular weight excluding hydrogens is 570 g/mol. The van der Waals surface area contributed by atoms with Crippen molar-refractivity contribution in [1.82, 2.24) is 4.57 Å². The van der Waals surface area contributed by atoms with E-state index in [-0.39, 0.29) is 12.2 Å². The summed E-state index contributed by atoms with van der Waals surface area (Å²) in [5.41, 5.74) is 4.36. The first-order valence-corrected chi connectivity index (χ1v) is 15.3. The molecule has 44 heavy (non-hydrogen) atoms. The van der Waals surface area contributed by atoms with E-state index in [1.165, 1.54) is 11.3 Å². The Labute approximate surface area is 259 Å². The molecule has 6 rings (SSSR count). The van der Waals surface area contributed by atoms with Crippen LogP contribution >= 0.6 is 11.3 Å². The van der Waals surface area contributed by atoms with E-state index in [4.69, 9.17) is 14.5 Å². The van der Waals surface area contributed by atoms with E-state index in [1.807, 2.05) is 91.8 Å². The number of nitrogens with zero attached hydrogens (tertiary/aromatic N) is 3. The summed E-state index contributed by atoms with van der Waals surface area (Å²) < 4.78 is 13.9. The number of carbonyl (C=O) groups is 1. The summed E-state index contributed by atoms with van der Waals surface area (Å²) in [5.74, 6) is 0.197. The van der Waals surface area contributed by atoms with Gasteiger partial charge in [0.1, 0.15) is 12.4 Å². The number of thiazole rings is 1. The maximum Gasteiger partial charge on any atom is 0.338 e. The number of fused-ring (bicyclic) bond motifs is 2. The summed E-state index contributed by atoms with van der Waals surface area (Å²) in [7, 11) is 3.94. The van der Waals surface area contributed by atoms with E-state index in [1.54, 1.807) is 18.4 Å². The molecule has 2 heterocycles. The Morgan fingerprint density at radius 1 is 0.977 bits per heavy atom.